The van der Waals surface area contributed by atoms with Crippen molar-refractivity contribution in [2.45, 2.75) is 12.8 Å². The third-order valence-electron chi connectivity index (χ3n) is 3.95. The minimum Gasteiger partial charge on any atom is -0.395 e. The molecule has 0 aliphatic carbocycles. The van der Waals surface area contributed by atoms with Gasteiger partial charge in [-0.1, -0.05) is 18.2 Å². The molecule has 114 valence electrons. The summed E-state index contributed by atoms with van der Waals surface area (Å²) in [6.07, 6.45) is 2.25. The smallest absolute Gasteiger partial charge is 0.251 e. The molecule has 1 aliphatic rings. The van der Waals surface area contributed by atoms with Crippen LogP contribution in [0.2, 0.25) is 0 Å². The van der Waals surface area contributed by atoms with E-state index in [4.69, 9.17) is 5.11 Å². The van der Waals surface area contributed by atoms with Gasteiger partial charge >= 0.3 is 0 Å². The van der Waals surface area contributed by atoms with Crippen LogP contribution in [0, 0.1) is 0 Å². The van der Waals surface area contributed by atoms with E-state index in [2.05, 4.69) is 34.5 Å². The van der Waals surface area contributed by atoms with Gasteiger partial charge in [-0.25, -0.2) is 0 Å². The van der Waals surface area contributed by atoms with Gasteiger partial charge in [0.05, 0.1) is 6.61 Å². The molecule has 2 aromatic rings. The molecule has 0 fully saturated rings. The van der Waals surface area contributed by atoms with Crippen LogP contribution in [0.25, 0.3) is 0 Å². The van der Waals surface area contributed by atoms with E-state index >= 15 is 0 Å². The van der Waals surface area contributed by atoms with Crippen molar-refractivity contribution in [3.8, 4) is 0 Å². The predicted molar refractivity (Wildman–Crippen MR) is 87.6 cm³/mol. The molecule has 4 heteroatoms. The molecule has 0 radical (unpaired) electrons. The summed E-state index contributed by atoms with van der Waals surface area (Å²) in [5.41, 5.74) is 4.35. The number of benzene rings is 2. The molecule has 1 aliphatic heterocycles. The van der Waals surface area contributed by atoms with Crippen molar-refractivity contribution in [3.05, 3.63) is 59.7 Å². The second-order valence-electron chi connectivity index (χ2n) is 5.41. The van der Waals surface area contributed by atoms with E-state index in [0.717, 1.165) is 25.1 Å². The monoisotopic (exact) mass is 296 g/mol. The lowest BCUT2D eigenvalue weighted by Crippen LogP contribution is -2.27. The Bertz CT molecular complexity index is 652. The van der Waals surface area contributed by atoms with Crippen LogP contribution < -0.4 is 10.2 Å². The standard InChI is InChI=1S/C18H20N2O2/c21-13-11-19-18(22)15-7-9-16(10-8-15)20-12-3-5-14-4-1-2-6-17(14)20/h1-2,4,6-10,21H,3,5,11-13H2,(H,19,22). The maximum absolute atomic E-state index is 11.9. The summed E-state index contributed by atoms with van der Waals surface area (Å²) in [4.78, 5) is 14.2. The van der Waals surface area contributed by atoms with E-state index in [1.54, 1.807) is 0 Å². The fourth-order valence-electron chi connectivity index (χ4n) is 2.87. The number of aliphatic hydroxyl groups excluding tert-OH is 1. The Kier molecular flexibility index (Phi) is 4.39. The van der Waals surface area contributed by atoms with Crippen LogP contribution in [-0.2, 0) is 6.42 Å². The molecule has 0 bridgehead atoms. The summed E-state index contributed by atoms with van der Waals surface area (Å²) >= 11 is 0. The van der Waals surface area contributed by atoms with Gasteiger partial charge in [0.1, 0.15) is 0 Å². The number of hydrogen-bond donors (Lipinski definition) is 2. The number of amides is 1. The maximum Gasteiger partial charge on any atom is 0.251 e. The van der Waals surface area contributed by atoms with E-state index in [1.165, 1.54) is 11.3 Å². The summed E-state index contributed by atoms with van der Waals surface area (Å²) in [7, 11) is 0. The zero-order valence-corrected chi connectivity index (χ0v) is 12.5. The molecule has 1 amide bonds. The van der Waals surface area contributed by atoms with Crippen LogP contribution in [0.3, 0.4) is 0 Å². The van der Waals surface area contributed by atoms with Crippen molar-refractivity contribution >= 4 is 17.3 Å². The molecule has 2 N–H and O–H groups in total. The van der Waals surface area contributed by atoms with E-state index in [9.17, 15) is 4.79 Å². The van der Waals surface area contributed by atoms with Crippen molar-refractivity contribution in [1.82, 2.24) is 5.32 Å². The minimum absolute atomic E-state index is 0.0472. The molecule has 0 unspecified atom stereocenters. The van der Waals surface area contributed by atoms with E-state index in [1.807, 2.05) is 24.3 Å². The van der Waals surface area contributed by atoms with Crippen molar-refractivity contribution in [2.24, 2.45) is 0 Å². The molecule has 22 heavy (non-hydrogen) atoms. The summed E-state index contributed by atoms with van der Waals surface area (Å²) in [6, 6.07) is 16.1. The van der Waals surface area contributed by atoms with Crippen LogP contribution in [0.4, 0.5) is 11.4 Å². The number of fused-ring (bicyclic) bond motifs is 1. The summed E-state index contributed by atoms with van der Waals surface area (Å²) in [5, 5.41) is 11.4. The number of aryl methyl sites for hydroxylation is 1. The van der Waals surface area contributed by atoms with Crippen molar-refractivity contribution < 1.29 is 9.90 Å². The number of hydrogen-bond acceptors (Lipinski definition) is 3. The first kappa shape index (κ1) is 14.6. The maximum atomic E-state index is 11.9. The highest BCUT2D eigenvalue weighted by Crippen LogP contribution is 2.33. The van der Waals surface area contributed by atoms with Gasteiger partial charge in [-0.05, 0) is 48.7 Å². The van der Waals surface area contributed by atoms with Crippen LogP contribution in [0.5, 0.6) is 0 Å². The van der Waals surface area contributed by atoms with E-state index in [0.29, 0.717) is 5.56 Å². The largest absolute Gasteiger partial charge is 0.395 e. The molecule has 0 saturated carbocycles. The molecule has 3 rings (SSSR count). The van der Waals surface area contributed by atoms with Gasteiger partial charge in [0.2, 0.25) is 0 Å². The first-order valence-electron chi connectivity index (χ1n) is 7.64. The lowest BCUT2D eigenvalue weighted by molar-refractivity contribution is 0.0945. The number of nitrogens with one attached hydrogen (secondary N) is 1. The number of aliphatic hydroxyl groups is 1. The van der Waals surface area contributed by atoms with Gasteiger partial charge in [0.25, 0.3) is 5.91 Å². The molecule has 0 spiro atoms. The summed E-state index contributed by atoms with van der Waals surface area (Å²) < 4.78 is 0. The highest BCUT2D eigenvalue weighted by atomic mass is 16.3. The van der Waals surface area contributed by atoms with Gasteiger partial charge < -0.3 is 15.3 Å². The van der Waals surface area contributed by atoms with Crippen LogP contribution in [0.1, 0.15) is 22.3 Å². The second-order valence-corrected chi connectivity index (χ2v) is 5.41. The Labute approximate surface area is 130 Å². The first-order chi connectivity index (χ1) is 10.8. The third kappa shape index (κ3) is 2.97. The van der Waals surface area contributed by atoms with Crippen LogP contribution in [0.15, 0.2) is 48.5 Å². The normalized spacial score (nSPS) is 13.6. The molecule has 0 saturated heterocycles. The quantitative estimate of drug-likeness (QED) is 0.911. The van der Waals surface area contributed by atoms with Crippen molar-refractivity contribution in [1.29, 1.82) is 0 Å². The number of para-hydroxylation sites is 1. The molecular formula is C18H20N2O2. The highest BCUT2D eigenvalue weighted by molar-refractivity contribution is 5.94. The summed E-state index contributed by atoms with van der Waals surface area (Å²) in [6.45, 7) is 1.22. The fourth-order valence-corrected chi connectivity index (χ4v) is 2.87. The number of nitrogens with zero attached hydrogens (tertiary/aromatic N) is 1. The third-order valence-corrected chi connectivity index (χ3v) is 3.95. The minimum atomic E-state index is -0.153. The SMILES string of the molecule is O=C(NCCO)c1ccc(N2CCCc3ccccc32)cc1. The topological polar surface area (TPSA) is 52.6 Å². The second kappa shape index (κ2) is 6.62. The predicted octanol–water partition coefficient (Wildman–Crippen LogP) is 2.49. The van der Waals surface area contributed by atoms with Gasteiger partial charge in [-0.3, -0.25) is 4.79 Å². The summed E-state index contributed by atoms with van der Waals surface area (Å²) in [5.74, 6) is -0.153. The zero-order chi connectivity index (χ0) is 15.4. The van der Waals surface area contributed by atoms with Gasteiger partial charge in [-0.15, -0.1) is 0 Å². The Balaban J connectivity index is 1.81. The van der Waals surface area contributed by atoms with Gasteiger partial charge in [0.15, 0.2) is 0 Å². The van der Waals surface area contributed by atoms with Crippen molar-refractivity contribution in [2.75, 3.05) is 24.6 Å². The molecular weight excluding hydrogens is 276 g/mol. The fraction of sp³-hybridized carbons (Fsp3) is 0.278. The van der Waals surface area contributed by atoms with Crippen molar-refractivity contribution in [3.63, 3.8) is 0 Å². The lowest BCUT2D eigenvalue weighted by atomic mass is 10.0. The number of carbonyl (C=O) groups is 1. The molecule has 4 nitrogen and oxygen atoms in total. The molecule has 0 atom stereocenters. The van der Waals surface area contributed by atoms with Gasteiger partial charge in [0, 0.05) is 30.0 Å². The van der Waals surface area contributed by atoms with Crippen LogP contribution >= 0.6 is 0 Å². The first-order valence-corrected chi connectivity index (χ1v) is 7.64. The van der Waals surface area contributed by atoms with Crippen LogP contribution in [-0.4, -0.2) is 30.7 Å². The lowest BCUT2D eigenvalue weighted by Gasteiger charge is -2.31. The van der Waals surface area contributed by atoms with E-state index < -0.39 is 0 Å². The van der Waals surface area contributed by atoms with E-state index in [-0.39, 0.29) is 19.1 Å². The molecule has 1 heterocycles. The number of rotatable bonds is 4. The highest BCUT2D eigenvalue weighted by Gasteiger charge is 2.17. The Morgan fingerprint density at radius 2 is 1.91 bits per heavy atom. The zero-order valence-electron chi connectivity index (χ0n) is 12.5. The average molecular weight is 296 g/mol. The Hall–Kier alpha value is -2.33. The molecule has 0 aromatic heterocycles. The Morgan fingerprint density at radius 1 is 1.14 bits per heavy atom. The van der Waals surface area contributed by atoms with Gasteiger partial charge in [-0.2, -0.15) is 0 Å². The molecule has 2 aromatic carbocycles. The number of carbonyl (C=O) groups excluding carboxylic acids is 1. The Morgan fingerprint density at radius 3 is 2.68 bits per heavy atom. The average Bonchev–Trinajstić information content (AvgIpc) is 2.59. The number of anilines is 2.